The van der Waals surface area contributed by atoms with Crippen molar-refractivity contribution in [2.24, 2.45) is 4.99 Å². The number of carbonyl (C=O) groups excluding carboxylic acids is 1. The Morgan fingerprint density at radius 2 is 2.18 bits per heavy atom. The van der Waals surface area contributed by atoms with Crippen molar-refractivity contribution in [1.82, 2.24) is 0 Å². The van der Waals surface area contributed by atoms with E-state index in [-0.39, 0.29) is 11.8 Å². The summed E-state index contributed by atoms with van der Waals surface area (Å²) in [4.78, 5) is 15.0. The van der Waals surface area contributed by atoms with Gasteiger partial charge in [-0.2, -0.15) is 0 Å². The van der Waals surface area contributed by atoms with Crippen LogP contribution in [0.25, 0.3) is 0 Å². The first kappa shape index (κ1) is 13.3. The number of anilines is 1. The lowest BCUT2D eigenvalue weighted by Crippen LogP contribution is -2.12. The van der Waals surface area contributed by atoms with E-state index in [0.29, 0.717) is 11.6 Å². The molecule has 0 heterocycles. The maximum Gasteiger partial charge on any atom is 0.239 e. The Morgan fingerprint density at radius 3 is 2.65 bits per heavy atom. The Labute approximate surface area is 105 Å². The van der Waals surface area contributed by atoms with Crippen molar-refractivity contribution in [2.75, 3.05) is 18.2 Å². The van der Waals surface area contributed by atoms with Crippen molar-refractivity contribution in [1.29, 1.82) is 0 Å². The van der Waals surface area contributed by atoms with Crippen LogP contribution in [0.4, 0.5) is 5.69 Å². The monoisotopic (exact) mass is 252 g/mol. The summed E-state index contributed by atoms with van der Waals surface area (Å²) in [5, 5.41) is 2.64. The first-order valence-corrected chi connectivity index (χ1v) is 5.45. The standard InChI is InChI=1S/C12H13ClN2O2/c1-3-17-12(14-2)9-4-6-10(7-5-9)15-11(16)8-13/h3-7H,1,8H2,2H3,(H,15,16). The molecule has 90 valence electrons. The molecule has 0 spiro atoms. The number of nitrogens with zero attached hydrogens (tertiary/aromatic N) is 1. The van der Waals surface area contributed by atoms with E-state index in [9.17, 15) is 4.79 Å². The topological polar surface area (TPSA) is 50.7 Å². The van der Waals surface area contributed by atoms with Gasteiger partial charge in [-0.1, -0.05) is 6.58 Å². The van der Waals surface area contributed by atoms with Gasteiger partial charge in [-0.05, 0) is 24.3 Å². The highest BCUT2D eigenvalue weighted by atomic mass is 35.5. The molecule has 1 rings (SSSR count). The molecule has 1 aromatic rings. The summed E-state index contributed by atoms with van der Waals surface area (Å²) in [6.45, 7) is 3.47. The number of rotatable bonds is 4. The smallest absolute Gasteiger partial charge is 0.239 e. The normalized spacial score (nSPS) is 10.8. The van der Waals surface area contributed by atoms with Gasteiger partial charge >= 0.3 is 0 Å². The summed E-state index contributed by atoms with van der Waals surface area (Å²) < 4.78 is 5.12. The van der Waals surface area contributed by atoms with Gasteiger partial charge in [-0.15, -0.1) is 11.6 Å². The van der Waals surface area contributed by atoms with Gasteiger partial charge in [0.15, 0.2) is 0 Å². The molecule has 0 radical (unpaired) electrons. The molecular weight excluding hydrogens is 240 g/mol. The van der Waals surface area contributed by atoms with Gasteiger partial charge in [-0.25, -0.2) is 0 Å². The van der Waals surface area contributed by atoms with Crippen molar-refractivity contribution in [3.8, 4) is 0 Å². The fourth-order valence-corrected chi connectivity index (χ4v) is 1.29. The Balaban J connectivity index is 2.80. The number of ether oxygens (including phenoxy) is 1. The first-order valence-electron chi connectivity index (χ1n) is 4.92. The molecule has 1 aromatic carbocycles. The van der Waals surface area contributed by atoms with Crippen molar-refractivity contribution in [3.63, 3.8) is 0 Å². The fraction of sp³-hybridized carbons (Fsp3) is 0.167. The summed E-state index contributed by atoms with van der Waals surface area (Å²) >= 11 is 5.39. The Hall–Kier alpha value is -1.81. The minimum atomic E-state index is -0.244. The van der Waals surface area contributed by atoms with Crippen LogP contribution in [0.3, 0.4) is 0 Å². The van der Waals surface area contributed by atoms with Gasteiger partial charge in [0.2, 0.25) is 11.8 Å². The Morgan fingerprint density at radius 1 is 1.53 bits per heavy atom. The maximum absolute atomic E-state index is 11.1. The van der Waals surface area contributed by atoms with E-state index in [1.807, 2.05) is 0 Å². The second kappa shape index (κ2) is 6.70. The highest BCUT2D eigenvalue weighted by Crippen LogP contribution is 2.11. The van der Waals surface area contributed by atoms with E-state index in [1.54, 1.807) is 31.3 Å². The van der Waals surface area contributed by atoms with Crippen LogP contribution < -0.4 is 5.32 Å². The fourth-order valence-electron chi connectivity index (χ4n) is 1.22. The molecule has 0 bridgehead atoms. The van der Waals surface area contributed by atoms with Crippen molar-refractivity contribution >= 4 is 29.1 Å². The molecule has 0 aliphatic carbocycles. The molecule has 0 aliphatic rings. The molecule has 0 aliphatic heterocycles. The highest BCUT2D eigenvalue weighted by molar-refractivity contribution is 6.29. The van der Waals surface area contributed by atoms with E-state index in [1.165, 1.54) is 6.26 Å². The van der Waals surface area contributed by atoms with Crippen LogP contribution in [0.15, 0.2) is 42.1 Å². The van der Waals surface area contributed by atoms with Gasteiger partial charge in [0, 0.05) is 18.3 Å². The molecule has 0 saturated carbocycles. The SMILES string of the molecule is C=COC(=NC)c1ccc(NC(=O)CCl)cc1. The minimum absolute atomic E-state index is 0.0665. The third-order valence-corrected chi connectivity index (χ3v) is 2.18. The number of halogens is 1. The van der Waals surface area contributed by atoms with Crippen molar-refractivity contribution < 1.29 is 9.53 Å². The van der Waals surface area contributed by atoms with Gasteiger partial charge in [0.25, 0.3) is 0 Å². The molecule has 0 fully saturated rings. The van der Waals surface area contributed by atoms with Crippen molar-refractivity contribution in [3.05, 3.63) is 42.7 Å². The zero-order valence-corrected chi connectivity index (χ0v) is 10.2. The third-order valence-electron chi connectivity index (χ3n) is 1.94. The molecule has 0 aromatic heterocycles. The Kier molecular flexibility index (Phi) is 5.23. The maximum atomic E-state index is 11.1. The van der Waals surface area contributed by atoms with Gasteiger partial charge < -0.3 is 10.1 Å². The number of carbonyl (C=O) groups is 1. The minimum Gasteiger partial charge on any atom is -0.447 e. The molecule has 4 nitrogen and oxygen atoms in total. The van der Waals surface area contributed by atoms with Gasteiger partial charge in [0.05, 0.1) is 6.26 Å². The summed E-state index contributed by atoms with van der Waals surface area (Å²) in [6.07, 6.45) is 1.31. The Bertz CT molecular complexity index is 427. The van der Waals surface area contributed by atoms with Gasteiger partial charge in [-0.3, -0.25) is 9.79 Å². The number of nitrogens with one attached hydrogen (secondary N) is 1. The zero-order valence-electron chi connectivity index (χ0n) is 9.44. The lowest BCUT2D eigenvalue weighted by Gasteiger charge is -2.06. The summed E-state index contributed by atoms with van der Waals surface area (Å²) in [5.41, 5.74) is 1.48. The van der Waals surface area contributed by atoms with Crippen LogP contribution in [-0.2, 0) is 9.53 Å². The third kappa shape index (κ3) is 3.92. The number of alkyl halides is 1. The summed E-state index contributed by atoms with van der Waals surface area (Å²) in [5.74, 6) is 0.157. The van der Waals surface area contributed by atoms with Crippen LogP contribution >= 0.6 is 11.6 Å². The predicted octanol–water partition coefficient (Wildman–Crippen LogP) is 2.40. The van der Waals surface area contributed by atoms with Crippen LogP contribution in [0.5, 0.6) is 0 Å². The van der Waals surface area contributed by atoms with Crippen LogP contribution in [0.2, 0.25) is 0 Å². The second-order valence-corrected chi connectivity index (χ2v) is 3.34. The number of aliphatic imine (C=N–C) groups is 1. The highest BCUT2D eigenvalue weighted by Gasteiger charge is 2.04. The number of hydrogen-bond acceptors (Lipinski definition) is 3. The van der Waals surface area contributed by atoms with E-state index in [2.05, 4.69) is 16.9 Å². The van der Waals surface area contributed by atoms with Crippen molar-refractivity contribution in [2.45, 2.75) is 0 Å². The summed E-state index contributed by atoms with van der Waals surface area (Å²) in [6, 6.07) is 7.07. The number of benzene rings is 1. The summed E-state index contributed by atoms with van der Waals surface area (Å²) in [7, 11) is 1.63. The molecule has 5 heteroatoms. The molecule has 17 heavy (non-hydrogen) atoms. The zero-order chi connectivity index (χ0) is 12.7. The average molecular weight is 253 g/mol. The van der Waals surface area contributed by atoms with Crippen LogP contribution in [-0.4, -0.2) is 24.7 Å². The average Bonchev–Trinajstić information content (AvgIpc) is 2.37. The molecule has 0 atom stereocenters. The molecule has 0 unspecified atom stereocenters. The lowest BCUT2D eigenvalue weighted by molar-refractivity contribution is -0.113. The molecule has 0 saturated heterocycles. The second-order valence-electron chi connectivity index (χ2n) is 3.07. The quantitative estimate of drug-likeness (QED) is 0.387. The van der Waals surface area contributed by atoms with Gasteiger partial charge in [0.1, 0.15) is 5.88 Å². The first-order chi connectivity index (χ1) is 8.21. The largest absolute Gasteiger partial charge is 0.447 e. The van der Waals surface area contributed by atoms with E-state index < -0.39 is 0 Å². The number of amides is 1. The number of hydrogen-bond donors (Lipinski definition) is 1. The van der Waals surface area contributed by atoms with E-state index >= 15 is 0 Å². The lowest BCUT2D eigenvalue weighted by atomic mass is 10.2. The van der Waals surface area contributed by atoms with Crippen LogP contribution in [0.1, 0.15) is 5.56 Å². The molecule has 1 N–H and O–H groups in total. The van der Waals surface area contributed by atoms with Crippen LogP contribution in [0, 0.1) is 0 Å². The van der Waals surface area contributed by atoms with E-state index in [0.717, 1.165) is 5.56 Å². The van der Waals surface area contributed by atoms with E-state index in [4.69, 9.17) is 16.3 Å². The molecular formula is C12H13ClN2O2. The predicted molar refractivity (Wildman–Crippen MR) is 69.5 cm³/mol. The molecule has 1 amide bonds.